The van der Waals surface area contributed by atoms with Crippen LogP contribution in [0.5, 0.6) is 0 Å². The Hall–Kier alpha value is -1.76. The third kappa shape index (κ3) is 3.29. The zero-order chi connectivity index (χ0) is 15.8. The first-order valence-corrected chi connectivity index (χ1v) is 6.64. The topological polar surface area (TPSA) is 52.6 Å². The van der Waals surface area contributed by atoms with Crippen LogP contribution in [0.15, 0.2) is 12.1 Å². The van der Waals surface area contributed by atoms with Gasteiger partial charge in [-0.05, 0) is 26.7 Å². The van der Waals surface area contributed by atoms with E-state index in [2.05, 4.69) is 5.32 Å². The van der Waals surface area contributed by atoms with Crippen molar-refractivity contribution < 1.29 is 23.1 Å². The number of benzene rings is 1. The summed E-state index contributed by atoms with van der Waals surface area (Å²) in [4.78, 5) is 13.6. The molecule has 1 unspecified atom stereocenters. The number of hydrogen-bond donors (Lipinski definition) is 2. The third-order valence-corrected chi connectivity index (χ3v) is 3.56. The second-order valence-electron chi connectivity index (χ2n) is 5.69. The number of carbonyl (C=O) groups is 1. The molecule has 0 bridgehead atoms. The van der Waals surface area contributed by atoms with Gasteiger partial charge in [-0.15, -0.1) is 0 Å². The lowest BCUT2D eigenvalue weighted by Crippen LogP contribution is -2.49. The average Bonchev–Trinajstić information content (AvgIpc) is 2.84. The van der Waals surface area contributed by atoms with Crippen molar-refractivity contribution in [2.75, 3.05) is 11.9 Å². The molecule has 1 aromatic rings. The number of aliphatic hydroxyl groups is 1. The Morgan fingerprint density at radius 1 is 1.33 bits per heavy atom. The van der Waals surface area contributed by atoms with E-state index in [9.17, 15) is 23.1 Å². The van der Waals surface area contributed by atoms with E-state index in [0.717, 1.165) is 6.42 Å². The van der Waals surface area contributed by atoms with E-state index in [1.54, 1.807) is 13.8 Å². The van der Waals surface area contributed by atoms with Crippen LogP contribution in [0.4, 0.5) is 23.7 Å². The van der Waals surface area contributed by atoms with E-state index in [1.165, 1.54) is 4.90 Å². The number of carbonyl (C=O) groups excluding carboxylic acids is 1. The third-order valence-electron chi connectivity index (χ3n) is 3.56. The maximum absolute atomic E-state index is 13.1. The number of likely N-dealkylation sites (tertiary alicyclic amines) is 1. The maximum Gasteiger partial charge on any atom is 0.322 e. The molecule has 4 nitrogen and oxygen atoms in total. The fourth-order valence-electron chi connectivity index (χ4n) is 2.57. The van der Waals surface area contributed by atoms with Crippen LogP contribution in [0.25, 0.3) is 0 Å². The number of amides is 2. The fourth-order valence-corrected chi connectivity index (χ4v) is 2.57. The standard InChI is InChI=1S/C14H17F3N2O2/c1-14(2,21)11-4-3-5-19(11)13(20)18-8-6-9(15)12(17)10(16)7-8/h6-7,11,21H,3-5H2,1-2H3,(H,18,20). The first-order valence-electron chi connectivity index (χ1n) is 6.64. The Bertz CT molecular complexity index is 535. The van der Waals surface area contributed by atoms with Gasteiger partial charge in [0, 0.05) is 24.4 Å². The van der Waals surface area contributed by atoms with Crippen molar-refractivity contribution in [2.45, 2.75) is 38.3 Å². The monoisotopic (exact) mass is 302 g/mol. The van der Waals surface area contributed by atoms with Crippen LogP contribution in [0.3, 0.4) is 0 Å². The van der Waals surface area contributed by atoms with Crippen molar-refractivity contribution in [3.05, 3.63) is 29.6 Å². The molecule has 0 aliphatic carbocycles. The molecule has 1 atom stereocenters. The van der Waals surface area contributed by atoms with Crippen molar-refractivity contribution in [3.63, 3.8) is 0 Å². The second-order valence-corrected chi connectivity index (χ2v) is 5.69. The Kier molecular flexibility index (Phi) is 4.13. The normalized spacial score (nSPS) is 19.0. The van der Waals surface area contributed by atoms with Crippen LogP contribution in [0, 0.1) is 17.5 Å². The minimum absolute atomic E-state index is 0.169. The Morgan fingerprint density at radius 2 is 1.90 bits per heavy atom. The summed E-state index contributed by atoms with van der Waals surface area (Å²) in [5, 5.41) is 12.4. The fraction of sp³-hybridized carbons (Fsp3) is 0.500. The van der Waals surface area contributed by atoms with Gasteiger partial charge < -0.3 is 15.3 Å². The van der Waals surface area contributed by atoms with E-state index < -0.39 is 29.1 Å². The van der Waals surface area contributed by atoms with Crippen LogP contribution in [0.1, 0.15) is 26.7 Å². The van der Waals surface area contributed by atoms with Gasteiger partial charge in [0.25, 0.3) is 0 Å². The van der Waals surface area contributed by atoms with E-state index in [4.69, 9.17) is 0 Å². The van der Waals surface area contributed by atoms with Gasteiger partial charge in [-0.25, -0.2) is 18.0 Å². The highest BCUT2D eigenvalue weighted by Gasteiger charge is 2.38. The molecule has 1 saturated heterocycles. The quantitative estimate of drug-likeness (QED) is 0.825. The Labute approximate surface area is 120 Å². The molecule has 0 spiro atoms. The molecule has 1 heterocycles. The van der Waals surface area contributed by atoms with E-state index in [1.807, 2.05) is 0 Å². The van der Waals surface area contributed by atoms with Crippen molar-refractivity contribution >= 4 is 11.7 Å². The largest absolute Gasteiger partial charge is 0.388 e. The predicted octanol–water partition coefficient (Wildman–Crippen LogP) is 2.87. The molecule has 0 saturated carbocycles. The summed E-state index contributed by atoms with van der Waals surface area (Å²) in [5.74, 6) is -4.32. The number of urea groups is 1. The van der Waals surface area contributed by atoms with Gasteiger partial charge in [-0.3, -0.25) is 0 Å². The zero-order valence-electron chi connectivity index (χ0n) is 11.8. The molecule has 1 aromatic carbocycles. The summed E-state index contributed by atoms with van der Waals surface area (Å²) in [6, 6.07) is 0.467. The van der Waals surface area contributed by atoms with Crippen LogP contribution in [-0.2, 0) is 0 Å². The highest BCUT2D eigenvalue weighted by atomic mass is 19.2. The molecule has 0 radical (unpaired) electrons. The number of hydrogen-bond acceptors (Lipinski definition) is 2. The summed E-state index contributed by atoms with van der Waals surface area (Å²) in [6.45, 7) is 3.63. The molecule has 1 aliphatic rings. The molecule has 2 N–H and O–H groups in total. The number of anilines is 1. The lowest BCUT2D eigenvalue weighted by molar-refractivity contribution is 0.0117. The highest BCUT2D eigenvalue weighted by molar-refractivity contribution is 5.89. The van der Waals surface area contributed by atoms with Crippen LogP contribution in [-0.4, -0.2) is 34.2 Å². The van der Waals surface area contributed by atoms with E-state index in [-0.39, 0.29) is 11.7 Å². The minimum atomic E-state index is -1.58. The van der Waals surface area contributed by atoms with Crippen LogP contribution < -0.4 is 5.32 Å². The number of nitrogens with one attached hydrogen (secondary N) is 1. The van der Waals surface area contributed by atoms with E-state index >= 15 is 0 Å². The Morgan fingerprint density at radius 3 is 2.43 bits per heavy atom. The van der Waals surface area contributed by atoms with Crippen molar-refractivity contribution in [1.82, 2.24) is 4.90 Å². The Balaban J connectivity index is 2.15. The molecule has 7 heteroatoms. The molecule has 1 aliphatic heterocycles. The van der Waals surface area contributed by atoms with Gasteiger partial charge in [0.15, 0.2) is 17.5 Å². The number of nitrogens with zero attached hydrogens (tertiary/aromatic N) is 1. The summed E-state index contributed by atoms with van der Waals surface area (Å²) >= 11 is 0. The van der Waals surface area contributed by atoms with Crippen LogP contribution in [0.2, 0.25) is 0 Å². The maximum atomic E-state index is 13.1. The van der Waals surface area contributed by atoms with Gasteiger partial charge in [-0.1, -0.05) is 0 Å². The van der Waals surface area contributed by atoms with Gasteiger partial charge in [0.05, 0.1) is 11.6 Å². The summed E-state index contributed by atoms with van der Waals surface area (Å²) in [7, 11) is 0. The summed E-state index contributed by atoms with van der Waals surface area (Å²) in [5.41, 5.74) is -1.24. The lowest BCUT2D eigenvalue weighted by atomic mass is 9.97. The molecule has 21 heavy (non-hydrogen) atoms. The highest BCUT2D eigenvalue weighted by Crippen LogP contribution is 2.27. The number of halogens is 3. The molecule has 0 aromatic heterocycles. The van der Waals surface area contributed by atoms with Gasteiger partial charge in [-0.2, -0.15) is 0 Å². The van der Waals surface area contributed by atoms with E-state index in [0.29, 0.717) is 25.1 Å². The zero-order valence-corrected chi connectivity index (χ0v) is 11.8. The second kappa shape index (κ2) is 5.55. The van der Waals surface area contributed by atoms with Crippen molar-refractivity contribution in [1.29, 1.82) is 0 Å². The average molecular weight is 302 g/mol. The summed E-state index contributed by atoms with van der Waals surface area (Å²) in [6.07, 6.45) is 1.37. The molecular weight excluding hydrogens is 285 g/mol. The first-order chi connectivity index (χ1) is 9.70. The first kappa shape index (κ1) is 15.6. The lowest BCUT2D eigenvalue weighted by Gasteiger charge is -2.33. The molecule has 2 amide bonds. The molecule has 116 valence electrons. The van der Waals surface area contributed by atoms with Crippen molar-refractivity contribution in [3.8, 4) is 0 Å². The molecule has 1 fully saturated rings. The minimum Gasteiger partial charge on any atom is -0.388 e. The van der Waals surface area contributed by atoms with Gasteiger partial charge >= 0.3 is 6.03 Å². The smallest absolute Gasteiger partial charge is 0.322 e. The number of rotatable bonds is 2. The predicted molar refractivity (Wildman–Crippen MR) is 71.4 cm³/mol. The van der Waals surface area contributed by atoms with Gasteiger partial charge in [0.2, 0.25) is 0 Å². The van der Waals surface area contributed by atoms with Crippen molar-refractivity contribution in [2.24, 2.45) is 0 Å². The van der Waals surface area contributed by atoms with Crippen LogP contribution >= 0.6 is 0 Å². The van der Waals surface area contributed by atoms with Gasteiger partial charge in [0.1, 0.15) is 0 Å². The SMILES string of the molecule is CC(C)(O)C1CCCN1C(=O)Nc1cc(F)c(F)c(F)c1. The molecule has 2 rings (SSSR count). The summed E-state index contributed by atoms with van der Waals surface area (Å²) < 4.78 is 39.1. The molecular formula is C14H17F3N2O2.